The Hall–Kier alpha value is -1.85. The number of aromatic nitrogens is 2. The largest absolute Gasteiger partial charge is 0.464 e. The summed E-state index contributed by atoms with van der Waals surface area (Å²) in [6.07, 6.45) is 2.64. The van der Waals surface area contributed by atoms with Crippen LogP contribution in [0.5, 0.6) is 0 Å². The number of hydrogen-bond acceptors (Lipinski definition) is 6. The predicted octanol–water partition coefficient (Wildman–Crippen LogP) is 1.66. The molecule has 1 aromatic rings. The standard InChI is InChI=1S/C12H20N4O2/c1-4-7-13-12-14-8-6-10(16-12)15-9(3)11(17)18-5-2/h6,8-9H,4-5,7H2,1-3H3,(H2,13,14,15,16). The molecular formula is C12H20N4O2. The van der Waals surface area contributed by atoms with E-state index in [9.17, 15) is 4.79 Å². The summed E-state index contributed by atoms with van der Waals surface area (Å²) in [5, 5.41) is 6.06. The summed E-state index contributed by atoms with van der Waals surface area (Å²) in [4.78, 5) is 19.8. The first-order chi connectivity index (χ1) is 8.67. The molecule has 0 saturated carbocycles. The van der Waals surface area contributed by atoms with Gasteiger partial charge in [-0.3, -0.25) is 0 Å². The van der Waals surface area contributed by atoms with Gasteiger partial charge in [0.15, 0.2) is 0 Å². The van der Waals surface area contributed by atoms with Gasteiger partial charge < -0.3 is 15.4 Å². The number of carbonyl (C=O) groups excluding carboxylic acids is 1. The maximum absolute atomic E-state index is 11.5. The highest BCUT2D eigenvalue weighted by atomic mass is 16.5. The van der Waals surface area contributed by atoms with Gasteiger partial charge in [0.2, 0.25) is 5.95 Å². The van der Waals surface area contributed by atoms with Crippen molar-refractivity contribution < 1.29 is 9.53 Å². The molecule has 1 rings (SSSR count). The van der Waals surface area contributed by atoms with Gasteiger partial charge in [-0.15, -0.1) is 0 Å². The lowest BCUT2D eigenvalue weighted by molar-refractivity contribution is -0.143. The molecule has 6 nitrogen and oxygen atoms in total. The van der Waals surface area contributed by atoms with Gasteiger partial charge in [-0.1, -0.05) is 6.92 Å². The van der Waals surface area contributed by atoms with Crippen LogP contribution in [0, 0.1) is 0 Å². The first-order valence-electron chi connectivity index (χ1n) is 6.17. The third-order valence-electron chi connectivity index (χ3n) is 2.19. The lowest BCUT2D eigenvalue weighted by atomic mass is 10.3. The second-order valence-electron chi connectivity index (χ2n) is 3.81. The second kappa shape index (κ2) is 7.47. The van der Waals surface area contributed by atoms with Crippen LogP contribution in [-0.4, -0.2) is 35.1 Å². The van der Waals surface area contributed by atoms with Crippen LogP contribution < -0.4 is 10.6 Å². The van der Waals surface area contributed by atoms with Crippen LogP contribution in [-0.2, 0) is 9.53 Å². The third-order valence-corrected chi connectivity index (χ3v) is 2.19. The topological polar surface area (TPSA) is 76.1 Å². The van der Waals surface area contributed by atoms with Gasteiger partial charge in [-0.25, -0.2) is 9.78 Å². The predicted molar refractivity (Wildman–Crippen MR) is 70.5 cm³/mol. The van der Waals surface area contributed by atoms with Gasteiger partial charge in [-0.05, 0) is 26.3 Å². The fourth-order valence-corrected chi connectivity index (χ4v) is 1.31. The van der Waals surface area contributed by atoms with Crippen molar-refractivity contribution in [2.45, 2.75) is 33.2 Å². The number of nitrogens with zero attached hydrogens (tertiary/aromatic N) is 2. The van der Waals surface area contributed by atoms with Gasteiger partial charge in [0, 0.05) is 12.7 Å². The number of anilines is 2. The molecule has 1 atom stereocenters. The van der Waals surface area contributed by atoms with Gasteiger partial charge in [0.05, 0.1) is 6.61 Å². The van der Waals surface area contributed by atoms with Gasteiger partial charge >= 0.3 is 5.97 Å². The summed E-state index contributed by atoms with van der Waals surface area (Å²) in [6, 6.07) is 1.28. The first-order valence-corrected chi connectivity index (χ1v) is 6.17. The highest BCUT2D eigenvalue weighted by Crippen LogP contribution is 2.07. The molecule has 0 aliphatic rings. The zero-order valence-electron chi connectivity index (χ0n) is 11.1. The number of hydrogen-bond donors (Lipinski definition) is 2. The zero-order chi connectivity index (χ0) is 13.4. The molecule has 18 heavy (non-hydrogen) atoms. The summed E-state index contributed by atoms with van der Waals surface area (Å²) in [5.41, 5.74) is 0. The average Bonchev–Trinajstić information content (AvgIpc) is 2.37. The summed E-state index contributed by atoms with van der Waals surface area (Å²) >= 11 is 0. The molecule has 0 amide bonds. The van der Waals surface area contributed by atoms with Crippen LogP contribution in [0.3, 0.4) is 0 Å². The average molecular weight is 252 g/mol. The second-order valence-corrected chi connectivity index (χ2v) is 3.81. The summed E-state index contributed by atoms with van der Waals surface area (Å²) in [6.45, 7) is 6.77. The van der Waals surface area contributed by atoms with Crippen molar-refractivity contribution in [3.8, 4) is 0 Å². The molecule has 6 heteroatoms. The molecular weight excluding hydrogens is 232 g/mol. The van der Waals surface area contributed by atoms with Crippen LogP contribution in [0.4, 0.5) is 11.8 Å². The van der Waals surface area contributed by atoms with E-state index in [-0.39, 0.29) is 5.97 Å². The Labute approximate surface area is 107 Å². The number of rotatable bonds is 7. The molecule has 0 aromatic carbocycles. The Kier molecular flexibility index (Phi) is 5.90. The van der Waals surface area contributed by atoms with Crippen LogP contribution in [0.25, 0.3) is 0 Å². The normalized spacial score (nSPS) is 11.7. The van der Waals surface area contributed by atoms with Crippen LogP contribution in [0.2, 0.25) is 0 Å². The van der Waals surface area contributed by atoms with E-state index >= 15 is 0 Å². The molecule has 1 aromatic heterocycles. The number of ether oxygens (including phenoxy) is 1. The van der Waals surface area contributed by atoms with E-state index in [1.54, 1.807) is 26.1 Å². The van der Waals surface area contributed by atoms with Crippen LogP contribution in [0.15, 0.2) is 12.3 Å². The van der Waals surface area contributed by atoms with Crippen molar-refractivity contribution in [1.29, 1.82) is 0 Å². The van der Waals surface area contributed by atoms with Gasteiger partial charge in [0.25, 0.3) is 0 Å². The molecule has 0 bridgehead atoms. The van der Waals surface area contributed by atoms with Crippen LogP contribution >= 0.6 is 0 Å². The number of nitrogens with one attached hydrogen (secondary N) is 2. The molecule has 100 valence electrons. The number of esters is 1. The quantitative estimate of drug-likeness (QED) is 0.719. The van der Waals surface area contributed by atoms with Crippen molar-refractivity contribution in [2.75, 3.05) is 23.8 Å². The van der Waals surface area contributed by atoms with E-state index in [1.807, 2.05) is 0 Å². The molecule has 0 saturated heterocycles. The Morgan fingerprint density at radius 2 is 2.28 bits per heavy atom. The smallest absolute Gasteiger partial charge is 0.328 e. The van der Waals surface area contributed by atoms with E-state index in [0.717, 1.165) is 13.0 Å². The Balaban J connectivity index is 2.58. The van der Waals surface area contributed by atoms with E-state index in [1.165, 1.54) is 0 Å². The van der Waals surface area contributed by atoms with Gasteiger partial charge in [0.1, 0.15) is 11.9 Å². The monoisotopic (exact) mass is 252 g/mol. The maximum atomic E-state index is 11.5. The Morgan fingerprint density at radius 1 is 1.50 bits per heavy atom. The maximum Gasteiger partial charge on any atom is 0.328 e. The summed E-state index contributed by atoms with van der Waals surface area (Å²) in [5.74, 6) is 0.862. The molecule has 0 aliphatic carbocycles. The Morgan fingerprint density at radius 3 is 2.94 bits per heavy atom. The van der Waals surface area contributed by atoms with Crippen molar-refractivity contribution in [1.82, 2.24) is 9.97 Å². The number of carbonyl (C=O) groups is 1. The lowest BCUT2D eigenvalue weighted by Crippen LogP contribution is -2.28. The molecule has 0 aliphatic heterocycles. The summed E-state index contributed by atoms with van der Waals surface area (Å²) < 4.78 is 4.91. The minimum absolute atomic E-state index is 0.292. The minimum atomic E-state index is -0.432. The van der Waals surface area contributed by atoms with Crippen molar-refractivity contribution >= 4 is 17.7 Å². The van der Waals surface area contributed by atoms with E-state index in [4.69, 9.17) is 4.74 Å². The molecule has 0 spiro atoms. The van der Waals surface area contributed by atoms with Gasteiger partial charge in [-0.2, -0.15) is 4.98 Å². The van der Waals surface area contributed by atoms with E-state index in [0.29, 0.717) is 18.4 Å². The summed E-state index contributed by atoms with van der Waals surface area (Å²) in [7, 11) is 0. The fraction of sp³-hybridized carbons (Fsp3) is 0.583. The highest BCUT2D eigenvalue weighted by molar-refractivity contribution is 5.78. The molecule has 2 N–H and O–H groups in total. The van der Waals surface area contributed by atoms with Crippen molar-refractivity contribution in [2.24, 2.45) is 0 Å². The first kappa shape index (κ1) is 14.2. The minimum Gasteiger partial charge on any atom is -0.464 e. The SMILES string of the molecule is CCCNc1nccc(NC(C)C(=O)OCC)n1. The van der Waals surface area contributed by atoms with E-state index < -0.39 is 6.04 Å². The highest BCUT2D eigenvalue weighted by Gasteiger charge is 2.14. The molecule has 1 unspecified atom stereocenters. The fourth-order valence-electron chi connectivity index (χ4n) is 1.31. The zero-order valence-corrected chi connectivity index (χ0v) is 11.1. The van der Waals surface area contributed by atoms with Crippen molar-refractivity contribution in [3.63, 3.8) is 0 Å². The van der Waals surface area contributed by atoms with Crippen LogP contribution in [0.1, 0.15) is 27.2 Å². The van der Waals surface area contributed by atoms with E-state index in [2.05, 4.69) is 27.5 Å². The molecule has 0 fully saturated rings. The molecule has 1 heterocycles. The van der Waals surface area contributed by atoms with Crippen molar-refractivity contribution in [3.05, 3.63) is 12.3 Å². The Bertz CT molecular complexity index is 384. The third kappa shape index (κ3) is 4.57. The lowest BCUT2D eigenvalue weighted by Gasteiger charge is -2.13. The molecule has 0 radical (unpaired) electrons.